The van der Waals surface area contributed by atoms with E-state index in [-0.39, 0.29) is 12.4 Å². The van der Waals surface area contributed by atoms with Crippen LogP contribution in [-0.2, 0) is 6.54 Å². The molecule has 1 aliphatic rings. The molecule has 0 amide bonds. The Morgan fingerprint density at radius 1 is 1.37 bits per heavy atom. The van der Waals surface area contributed by atoms with E-state index in [1.54, 1.807) is 6.07 Å². The lowest BCUT2D eigenvalue weighted by atomic mass is 10.1. The summed E-state index contributed by atoms with van der Waals surface area (Å²) in [7, 11) is 0. The fraction of sp³-hybridized carbons (Fsp3) is 0.571. The van der Waals surface area contributed by atoms with E-state index in [0.29, 0.717) is 18.2 Å². The van der Waals surface area contributed by atoms with E-state index < -0.39 is 11.6 Å². The summed E-state index contributed by atoms with van der Waals surface area (Å²) in [5.74, 6) is -0.956. The third-order valence-electron chi connectivity index (χ3n) is 3.45. The lowest BCUT2D eigenvalue weighted by Crippen LogP contribution is -2.37. The maximum absolute atomic E-state index is 13.7. The number of nitrogens with one attached hydrogen (secondary N) is 1. The molecule has 1 fully saturated rings. The molecule has 1 unspecified atom stereocenters. The number of rotatable bonds is 5. The molecular formula is C14H21ClF2N2. The Kier molecular flexibility index (Phi) is 6.69. The van der Waals surface area contributed by atoms with E-state index in [0.717, 1.165) is 38.5 Å². The first kappa shape index (κ1) is 16.3. The maximum atomic E-state index is 13.7. The number of nitrogens with zero attached hydrogens (tertiary/aromatic N) is 1. The van der Waals surface area contributed by atoms with E-state index in [9.17, 15) is 8.78 Å². The molecular weight excluding hydrogens is 270 g/mol. The molecule has 1 heterocycles. The summed E-state index contributed by atoms with van der Waals surface area (Å²) in [6.07, 6.45) is 2.14. The minimum Gasteiger partial charge on any atom is -0.315 e. The molecule has 5 heteroatoms. The van der Waals surface area contributed by atoms with Gasteiger partial charge in [0.25, 0.3) is 0 Å². The molecule has 1 atom stereocenters. The molecule has 1 aromatic rings. The number of hydrogen-bond donors (Lipinski definition) is 1. The quantitative estimate of drug-likeness (QED) is 0.897. The zero-order valence-electron chi connectivity index (χ0n) is 11.2. The van der Waals surface area contributed by atoms with Gasteiger partial charge in [-0.15, -0.1) is 12.4 Å². The monoisotopic (exact) mass is 290 g/mol. The second-order valence-electron chi connectivity index (χ2n) is 4.85. The van der Waals surface area contributed by atoms with E-state index in [1.807, 2.05) is 0 Å². The van der Waals surface area contributed by atoms with Crippen molar-refractivity contribution in [2.75, 3.05) is 19.6 Å². The first-order valence-corrected chi connectivity index (χ1v) is 6.59. The highest BCUT2D eigenvalue weighted by Crippen LogP contribution is 2.17. The number of hydrogen-bond acceptors (Lipinski definition) is 2. The van der Waals surface area contributed by atoms with Crippen molar-refractivity contribution in [1.82, 2.24) is 10.2 Å². The summed E-state index contributed by atoms with van der Waals surface area (Å²) in [6, 6.07) is 4.31. The second kappa shape index (κ2) is 7.78. The van der Waals surface area contributed by atoms with Crippen molar-refractivity contribution in [3.05, 3.63) is 35.4 Å². The highest BCUT2D eigenvalue weighted by Gasteiger charge is 2.22. The summed E-state index contributed by atoms with van der Waals surface area (Å²) in [5, 5.41) is 3.33. The Labute approximate surface area is 119 Å². The van der Waals surface area contributed by atoms with Gasteiger partial charge in [0.05, 0.1) is 0 Å². The van der Waals surface area contributed by atoms with Crippen LogP contribution in [0.4, 0.5) is 8.78 Å². The average molecular weight is 291 g/mol. The van der Waals surface area contributed by atoms with Crippen LogP contribution in [0, 0.1) is 11.6 Å². The van der Waals surface area contributed by atoms with Gasteiger partial charge in [-0.2, -0.15) is 0 Å². The van der Waals surface area contributed by atoms with Crippen LogP contribution in [0.15, 0.2) is 18.2 Å². The third kappa shape index (κ3) is 4.41. The van der Waals surface area contributed by atoms with Crippen LogP contribution < -0.4 is 5.32 Å². The van der Waals surface area contributed by atoms with Crippen LogP contribution in [0.25, 0.3) is 0 Å². The van der Waals surface area contributed by atoms with E-state index >= 15 is 0 Å². The van der Waals surface area contributed by atoms with Gasteiger partial charge in [0.1, 0.15) is 11.6 Å². The Hall–Kier alpha value is -0.710. The van der Waals surface area contributed by atoms with Gasteiger partial charge >= 0.3 is 0 Å². The zero-order valence-corrected chi connectivity index (χ0v) is 12.0. The Balaban J connectivity index is 0.00000180. The van der Waals surface area contributed by atoms with Gasteiger partial charge in [0.2, 0.25) is 0 Å². The fourth-order valence-electron chi connectivity index (χ4n) is 2.50. The predicted octanol–water partition coefficient (Wildman–Crippen LogP) is 2.96. The van der Waals surface area contributed by atoms with Crippen molar-refractivity contribution in [3.8, 4) is 0 Å². The molecule has 0 bridgehead atoms. The molecule has 2 nitrogen and oxygen atoms in total. The molecule has 19 heavy (non-hydrogen) atoms. The number of benzene rings is 1. The molecule has 1 saturated heterocycles. The normalized spacial score (nSPS) is 18.6. The van der Waals surface area contributed by atoms with Gasteiger partial charge in [0.15, 0.2) is 0 Å². The average Bonchev–Trinajstić information content (AvgIpc) is 2.85. The van der Waals surface area contributed by atoms with Crippen LogP contribution in [-0.4, -0.2) is 30.6 Å². The Morgan fingerprint density at radius 3 is 2.74 bits per heavy atom. The molecule has 0 radical (unpaired) electrons. The minimum absolute atomic E-state index is 0. The van der Waals surface area contributed by atoms with E-state index in [4.69, 9.17) is 0 Å². The van der Waals surface area contributed by atoms with Crippen LogP contribution in [0.1, 0.15) is 25.3 Å². The fourth-order valence-corrected chi connectivity index (χ4v) is 2.50. The van der Waals surface area contributed by atoms with Crippen molar-refractivity contribution >= 4 is 12.4 Å². The van der Waals surface area contributed by atoms with Crippen molar-refractivity contribution in [1.29, 1.82) is 0 Å². The standard InChI is InChI=1S/C14H20F2N2.ClH/c1-2-7-18(13-5-6-17-9-13)10-11-3-4-12(15)8-14(11)16;/h3-4,8,13,17H,2,5-7,9-10H2,1H3;1H. The second-order valence-corrected chi connectivity index (χ2v) is 4.85. The first-order valence-electron chi connectivity index (χ1n) is 6.59. The Morgan fingerprint density at radius 2 is 2.16 bits per heavy atom. The summed E-state index contributed by atoms with van der Waals surface area (Å²) < 4.78 is 26.5. The van der Waals surface area contributed by atoms with E-state index in [1.165, 1.54) is 6.07 Å². The van der Waals surface area contributed by atoms with Crippen LogP contribution >= 0.6 is 12.4 Å². The lowest BCUT2D eigenvalue weighted by molar-refractivity contribution is 0.197. The summed E-state index contributed by atoms with van der Waals surface area (Å²) in [4.78, 5) is 2.29. The smallest absolute Gasteiger partial charge is 0.130 e. The first-order chi connectivity index (χ1) is 8.70. The van der Waals surface area contributed by atoms with Crippen LogP contribution in [0.3, 0.4) is 0 Å². The highest BCUT2D eigenvalue weighted by atomic mass is 35.5. The highest BCUT2D eigenvalue weighted by molar-refractivity contribution is 5.85. The van der Waals surface area contributed by atoms with Crippen molar-refractivity contribution in [2.45, 2.75) is 32.4 Å². The van der Waals surface area contributed by atoms with Crippen molar-refractivity contribution < 1.29 is 8.78 Å². The lowest BCUT2D eigenvalue weighted by Gasteiger charge is -2.28. The van der Waals surface area contributed by atoms with Gasteiger partial charge in [-0.25, -0.2) is 8.78 Å². The molecule has 0 aliphatic carbocycles. The topological polar surface area (TPSA) is 15.3 Å². The number of halogens is 3. The zero-order chi connectivity index (χ0) is 13.0. The third-order valence-corrected chi connectivity index (χ3v) is 3.45. The Bertz CT molecular complexity index is 395. The molecule has 1 aliphatic heterocycles. The minimum atomic E-state index is -0.513. The molecule has 1 N–H and O–H groups in total. The van der Waals surface area contributed by atoms with Crippen molar-refractivity contribution in [3.63, 3.8) is 0 Å². The van der Waals surface area contributed by atoms with Gasteiger partial charge in [-0.3, -0.25) is 4.90 Å². The summed E-state index contributed by atoms with van der Waals surface area (Å²) >= 11 is 0. The molecule has 1 aromatic carbocycles. The molecule has 0 aromatic heterocycles. The summed E-state index contributed by atoms with van der Waals surface area (Å²) in [5.41, 5.74) is 0.580. The van der Waals surface area contributed by atoms with Crippen LogP contribution in [0.5, 0.6) is 0 Å². The summed E-state index contributed by atoms with van der Waals surface area (Å²) in [6.45, 7) is 5.62. The largest absolute Gasteiger partial charge is 0.315 e. The van der Waals surface area contributed by atoms with Gasteiger partial charge in [0, 0.05) is 30.8 Å². The van der Waals surface area contributed by atoms with Gasteiger partial charge in [-0.1, -0.05) is 13.0 Å². The predicted molar refractivity (Wildman–Crippen MR) is 75.6 cm³/mol. The molecule has 0 spiro atoms. The molecule has 108 valence electrons. The van der Waals surface area contributed by atoms with Gasteiger partial charge < -0.3 is 5.32 Å². The van der Waals surface area contributed by atoms with Crippen molar-refractivity contribution in [2.24, 2.45) is 0 Å². The van der Waals surface area contributed by atoms with Gasteiger partial charge in [-0.05, 0) is 32.0 Å². The van der Waals surface area contributed by atoms with Crippen LogP contribution in [0.2, 0.25) is 0 Å². The SMILES string of the molecule is CCCN(Cc1ccc(F)cc1F)C1CCNC1.Cl. The molecule has 2 rings (SSSR count). The maximum Gasteiger partial charge on any atom is 0.130 e. The van der Waals surface area contributed by atoms with E-state index in [2.05, 4.69) is 17.1 Å². The molecule has 0 saturated carbocycles.